The fraction of sp³-hybridized carbons (Fsp3) is 0.778. The molecular formula is C27H49N5O6Si2. The molecule has 226 valence electrons. The van der Waals surface area contributed by atoms with E-state index in [4.69, 9.17) is 13.6 Å². The Morgan fingerprint density at radius 2 is 1.75 bits per heavy atom. The molecule has 1 fully saturated rings. The normalized spacial score (nSPS) is 24.7. The Balaban J connectivity index is 2.07. The SMILES string of the molecule is CC(C)C(=O)Nc1nc2c(ncn2[C@@H]2O[C@H](CO[Si](C)(C)C(C)(C)C)[C@@H](O[Si](C)(C)C(C)(C)C)[C@@]2(C)O)c(=O)[nH]1. The number of hydrogen-bond donors (Lipinski definition) is 3. The number of carbonyl (C=O) groups excluding carboxylic acids is 1. The third kappa shape index (κ3) is 6.29. The molecule has 1 aliphatic rings. The Hall–Kier alpha value is -1.91. The highest BCUT2D eigenvalue weighted by atomic mass is 28.4. The number of anilines is 1. The molecule has 1 aliphatic heterocycles. The molecule has 0 spiro atoms. The second-order valence-corrected chi connectivity index (χ2v) is 24.1. The van der Waals surface area contributed by atoms with Gasteiger partial charge in [0.25, 0.3) is 5.56 Å². The molecule has 4 atom stereocenters. The minimum absolute atomic E-state index is 0.00229. The van der Waals surface area contributed by atoms with Crippen molar-refractivity contribution >= 4 is 39.7 Å². The molecule has 0 aromatic carbocycles. The highest BCUT2D eigenvalue weighted by Crippen LogP contribution is 2.46. The summed E-state index contributed by atoms with van der Waals surface area (Å²) in [4.78, 5) is 36.4. The minimum atomic E-state index is -2.35. The first-order chi connectivity index (χ1) is 18.0. The van der Waals surface area contributed by atoms with Gasteiger partial charge in [-0.25, -0.2) is 4.98 Å². The summed E-state index contributed by atoms with van der Waals surface area (Å²) in [7, 11) is -4.49. The summed E-state index contributed by atoms with van der Waals surface area (Å²) in [5.74, 6) is -0.592. The predicted molar refractivity (Wildman–Crippen MR) is 161 cm³/mol. The molecule has 3 heterocycles. The molecule has 0 aliphatic carbocycles. The van der Waals surface area contributed by atoms with Gasteiger partial charge in [-0.05, 0) is 43.2 Å². The molecular weight excluding hydrogens is 546 g/mol. The number of ether oxygens (including phenoxy) is 1. The van der Waals surface area contributed by atoms with Crippen molar-refractivity contribution in [2.75, 3.05) is 11.9 Å². The number of aromatic amines is 1. The summed E-state index contributed by atoms with van der Waals surface area (Å²) in [6.07, 6.45) is -0.825. The quantitative estimate of drug-likeness (QED) is 0.371. The van der Waals surface area contributed by atoms with Gasteiger partial charge in [0.15, 0.2) is 34.0 Å². The third-order valence-electron chi connectivity index (χ3n) is 8.81. The molecule has 40 heavy (non-hydrogen) atoms. The number of nitrogens with zero attached hydrogens (tertiary/aromatic N) is 3. The zero-order chi connectivity index (χ0) is 30.6. The maximum atomic E-state index is 12.8. The molecule has 0 bridgehead atoms. The highest BCUT2D eigenvalue weighted by molar-refractivity contribution is 6.74. The average molecular weight is 596 g/mol. The molecule has 0 saturated carbocycles. The van der Waals surface area contributed by atoms with Crippen LogP contribution in [0.25, 0.3) is 11.2 Å². The number of carbonyl (C=O) groups is 1. The number of aromatic nitrogens is 4. The molecule has 1 saturated heterocycles. The molecule has 0 unspecified atom stereocenters. The van der Waals surface area contributed by atoms with Gasteiger partial charge in [0, 0.05) is 5.92 Å². The zero-order valence-corrected chi connectivity index (χ0v) is 28.4. The van der Waals surface area contributed by atoms with Crippen LogP contribution in [0.3, 0.4) is 0 Å². The Morgan fingerprint density at radius 1 is 1.18 bits per heavy atom. The number of rotatable bonds is 8. The van der Waals surface area contributed by atoms with Crippen LogP contribution in [0, 0.1) is 5.92 Å². The highest BCUT2D eigenvalue weighted by Gasteiger charge is 2.58. The Kier molecular flexibility index (Phi) is 8.75. The lowest BCUT2D eigenvalue weighted by Crippen LogP contribution is -2.55. The fourth-order valence-electron chi connectivity index (χ4n) is 3.98. The Bertz CT molecular complexity index is 1290. The minimum Gasteiger partial charge on any atom is -0.414 e. The first-order valence-corrected chi connectivity index (χ1v) is 19.8. The summed E-state index contributed by atoms with van der Waals surface area (Å²) < 4.78 is 21.5. The molecule has 1 amide bonds. The summed E-state index contributed by atoms with van der Waals surface area (Å²) >= 11 is 0. The van der Waals surface area contributed by atoms with Crippen molar-refractivity contribution in [1.29, 1.82) is 0 Å². The Morgan fingerprint density at radius 3 is 2.27 bits per heavy atom. The molecule has 2 aromatic heterocycles. The second-order valence-electron chi connectivity index (χ2n) is 14.5. The van der Waals surface area contributed by atoms with Crippen molar-refractivity contribution in [3.8, 4) is 0 Å². The first kappa shape index (κ1) is 32.6. The van der Waals surface area contributed by atoms with E-state index in [2.05, 4.69) is 88.0 Å². The lowest BCUT2D eigenvalue weighted by Gasteiger charge is -2.43. The molecule has 2 aromatic rings. The van der Waals surface area contributed by atoms with Crippen LogP contribution in [0.1, 0.15) is 68.5 Å². The first-order valence-electron chi connectivity index (χ1n) is 14.0. The summed E-state index contributed by atoms with van der Waals surface area (Å²) in [6, 6.07) is 0. The van der Waals surface area contributed by atoms with Crippen molar-refractivity contribution in [3.05, 3.63) is 16.7 Å². The molecule has 3 N–H and O–H groups in total. The van der Waals surface area contributed by atoms with Gasteiger partial charge in [-0.15, -0.1) is 0 Å². The maximum Gasteiger partial charge on any atom is 0.280 e. The maximum absolute atomic E-state index is 12.8. The van der Waals surface area contributed by atoms with Gasteiger partial charge in [0.05, 0.1) is 12.9 Å². The number of aliphatic hydroxyl groups is 1. The number of H-pyrrole nitrogens is 1. The van der Waals surface area contributed by atoms with Crippen molar-refractivity contribution in [2.45, 2.75) is 123 Å². The van der Waals surface area contributed by atoms with E-state index in [-0.39, 0.29) is 45.6 Å². The third-order valence-corrected chi connectivity index (χ3v) is 17.8. The summed E-state index contributed by atoms with van der Waals surface area (Å²) in [5.41, 5.74) is -1.77. The van der Waals surface area contributed by atoms with Crippen molar-refractivity contribution < 1.29 is 23.5 Å². The molecule has 0 radical (unpaired) electrons. The molecule has 11 nitrogen and oxygen atoms in total. The topological polar surface area (TPSA) is 141 Å². The standard InChI is InChI=1S/C27H49N5O6Si2/c1-16(2)21(33)30-24-29-20-18(22(34)31-24)28-15-32(20)23-27(9,35)19(38-40(12,13)26(6,7)8)17(37-23)14-36-39(10,11)25(3,4)5/h15-17,19,23,35H,14H2,1-13H3,(H2,29,30,31,33,34)/t17-,19-,23-,27-/m1/s1. The van der Waals surface area contributed by atoms with Crippen LogP contribution < -0.4 is 10.9 Å². The molecule has 13 heteroatoms. The summed E-state index contributed by atoms with van der Waals surface area (Å²) in [5, 5.41) is 14.6. The number of fused-ring (bicyclic) bond motifs is 1. The number of imidazole rings is 1. The van der Waals surface area contributed by atoms with E-state index in [1.165, 1.54) is 6.33 Å². The predicted octanol–water partition coefficient (Wildman–Crippen LogP) is 4.77. The lowest BCUT2D eigenvalue weighted by molar-refractivity contribution is -0.118. The van der Waals surface area contributed by atoms with E-state index >= 15 is 0 Å². The van der Waals surface area contributed by atoms with Crippen LogP contribution in [0.15, 0.2) is 11.1 Å². The van der Waals surface area contributed by atoms with E-state index in [1.807, 2.05) is 0 Å². The van der Waals surface area contributed by atoms with Gasteiger partial charge < -0.3 is 18.7 Å². The zero-order valence-electron chi connectivity index (χ0n) is 26.4. The summed E-state index contributed by atoms with van der Waals surface area (Å²) in [6.45, 7) is 27.0. The fourth-order valence-corrected chi connectivity index (χ4v) is 6.37. The van der Waals surface area contributed by atoms with Gasteiger partial charge in [-0.3, -0.25) is 24.5 Å². The van der Waals surface area contributed by atoms with Gasteiger partial charge in [0.1, 0.15) is 17.8 Å². The van der Waals surface area contributed by atoms with E-state index in [9.17, 15) is 14.7 Å². The van der Waals surface area contributed by atoms with E-state index in [0.717, 1.165) is 0 Å². The van der Waals surface area contributed by atoms with Crippen LogP contribution in [0.4, 0.5) is 5.95 Å². The van der Waals surface area contributed by atoms with Gasteiger partial charge >= 0.3 is 0 Å². The molecule has 3 rings (SSSR count). The second kappa shape index (κ2) is 10.7. The number of hydrogen-bond acceptors (Lipinski definition) is 8. The van der Waals surface area contributed by atoms with Gasteiger partial charge in [-0.1, -0.05) is 55.4 Å². The van der Waals surface area contributed by atoms with E-state index in [0.29, 0.717) is 0 Å². The van der Waals surface area contributed by atoms with Crippen molar-refractivity contribution in [3.63, 3.8) is 0 Å². The van der Waals surface area contributed by atoms with Crippen LogP contribution in [-0.2, 0) is 18.4 Å². The van der Waals surface area contributed by atoms with Crippen LogP contribution in [0.2, 0.25) is 36.3 Å². The number of nitrogens with one attached hydrogen (secondary N) is 2. The van der Waals surface area contributed by atoms with Gasteiger partial charge in [0.2, 0.25) is 11.9 Å². The average Bonchev–Trinajstić information content (AvgIpc) is 3.29. The van der Waals surface area contributed by atoms with Gasteiger partial charge in [-0.2, -0.15) is 4.98 Å². The van der Waals surface area contributed by atoms with Crippen molar-refractivity contribution in [1.82, 2.24) is 19.5 Å². The monoisotopic (exact) mass is 595 g/mol. The Labute approximate surface area is 239 Å². The number of amides is 1. The van der Waals surface area contributed by atoms with E-state index in [1.54, 1.807) is 25.3 Å². The van der Waals surface area contributed by atoms with Crippen LogP contribution in [0.5, 0.6) is 0 Å². The van der Waals surface area contributed by atoms with E-state index < -0.39 is 46.2 Å². The van der Waals surface area contributed by atoms with Crippen LogP contribution in [-0.4, -0.2) is 71.6 Å². The lowest BCUT2D eigenvalue weighted by atomic mass is 9.96. The van der Waals surface area contributed by atoms with Crippen LogP contribution >= 0.6 is 0 Å². The smallest absolute Gasteiger partial charge is 0.280 e. The largest absolute Gasteiger partial charge is 0.414 e. The van der Waals surface area contributed by atoms with Crippen molar-refractivity contribution in [2.24, 2.45) is 5.92 Å².